The van der Waals surface area contributed by atoms with Gasteiger partial charge in [0.15, 0.2) is 12.4 Å². The molecule has 0 spiro atoms. The van der Waals surface area contributed by atoms with Gasteiger partial charge in [-0.1, -0.05) is 12.2 Å². The SMILES string of the molecule is O=C(C[C@@H]1C=CCC1)OCC(=O)c1ccc(S(=O)(=O)N2CCOCC2)cc1. The summed E-state index contributed by atoms with van der Waals surface area (Å²) in [5.41, 5.74) is 0.310. The summed E-state index contributed by atoms with van der Waals surface area (Å²) in [6, 6.07) is 5.71. The van der Waals surface area contributed by atoms with E-state index in [0.717, 1.165) is 12.8 Å². The topological polar surface area (TPSA) is 90.0 Å². The van der Waals surface area contributed by atoms with Crippen LogP contribution in [0.25, 0.3) is 0 Å². The summed E-state index contributed by atoms with van der Waals surface area (Å²) in [5.74, 6) is -0.565. The van der Waals surface area contributed by atoms with Gasteiger partial charge in [-0.3, -0.25) is 9.59 Å². The quantitative estimate of drug-likeness (QED) is 0.399. The second-order valence-corrected chi connectivity index (χ2v) is 8.53. The minimum atomic E-state index is -3.59. The molecule has 8 heteroatoms. The van der Waals surface area contributed by atoms with Crippen molar-refractivity contribution < 1.29 is 27.5 Å². The Morgan fingerprint density at radius 2 is 1.85 bits per heavy atom. The number of Topliss-reactive ketones (excluding diaryl/α,β-unsaturated/α-hetero) is 1. The number of hydrogen-bond acceptors (Lipinski definition) is 6. The lowest BCUT2D eigenvalue weighted by Crippen LogP contribution is -2.40. The van der Waals surface area contributed by atoms with Crippen LogP contribution in [0, 0.1) is 5.92 Å². The minimum Gasteiger partial charge on any atom is -0.457 e. The Balaban J connectivity index is 1.55. The van der Waals surface area contributed by atoms with Crippen molar-refractivity contribution in [2.24, 2.45) is 5.92 Å². The van der Waals surface area contributed by atoms with E-state index in [-0.39, 0.29) is 29.6 Å². The predicted molar refractivity (Wildman–Crippen MR) is 97.8 cm³/mol. The van der Waals surface area contributed by atoms with Gasteiger partial charge in [0.05, 0.1) is 24.5 Å². The van der Waals surface area contributed by atoms with E-state index < -0.39 is 16.0 Å². The largest absolute Gasteiger partial charge is 0.457 e. The predicted octanol–water partition coefficient (Wildman–Crippen LogP) is 1.79. The molecule has 0 radical (unpaired) electrons. The molecule has 0 aromatic heterocycles. The van der Waals surface area contributed by atoms with Gasteiger partial charge in [0.1, 0.15) is 0 Å². The fraction of sp³-hybridized carbons (Fsp3) is 0.474. The zero-order valence-corrected chi connectivity index (χ0v) is 15.8. The van der Waals surface area contributed by atoms with Gasteiger partial charge < -0.3 is 9.47 Å². The number of morpholine rings is 1. The number of carbonyl (C=O) groups is 2. The maximum atomic E-state index is 12.6. The van der Waals surface area contributed by atoms with E-state index in [4.69, 9.17) is 9.47 Å². The molecule has 1 aliphatic heterocycles. The van der Waals surface area contributed by atoms with E-state index in [1.165, 1.54) is 28.6 Å². The first-order valence-electron chi connectivity index (χ1n) is 9.00. The van der Waals surface area contributed by atoms with Gasteiger partial charge in [0.2, 0.25) is 10.0 Å². The number of ketones is 1. The molecular weight excluding hydrogens is 370 g/mol. The third kappa shape index (κ3) is 5.03. The maximum Gasteiger partial charge on any atom is 0.306 e. The Labute approximate surface area is 159 Å². The fourth-order valence-electron chi connectivity index (χ4n) is 3.12. The molecular formula is C19H23NO6S. The van der Waals surface area contributed by atoms with Crippen molar-refractivity contribution >= 4 is 21.8 Å². The standard InChI is InChI=1S/C19H23NO6S/c21-18(14-26-19(22)13-15-3-1-2-4-15)16-5-7-17(8-6-16)27(23,24)20-9-11-25-12-10-20/h1,3,5-8,15H,2,4,9-14H2/t15-/m1/s1. The third-order valence-corrected chi connectivity index (χ3v) is 6.60. The summed E-state index contributed by atoms with van der Waals surface area (Å²) in [4.78, 5) is 24.1. The van der Waals surface area contributed by atoms with Crippen LogP contribution < -0.4 is 0 Å². The van der Waals surface area contributed by atoms with Gasteiger partial charge in [-0.15, -0.1) is 0 Å². The monoisotopic (exact) mass is 393 g/mol. The molecule has 0 N–H and O–H groups in total. The fourth-order valence-corrected chi connectivity index (χ4v) is 4.52. The third-order valence-electron chi connectivity index (χ3n) is 4.69. The summed E-state index contributed by atoms with van der Waals surface area (Å²) >= 11 is 0. The first-order valence-corrected chi connectivity index (χ1v) is 10.4. The highest BCUT2D eigenvalue weighted by molar-refractivity contribution is 7.89. The number of carbonyl (C=O) groups excluding carboxylic acids is 2. The molecule has 27 heavy (non-hydrogen) atoms. The Kier molecular flexibility index (Phi) is 6.41. The molecule has 0 bridgehead atoms. The Bertz CT molecular complexity index is 809. The molecule has 1 saturated heterocycles. The van der Waals surface area contributed by atoms with Crippen molar-refractivity contribution in [3.63, 3.8) is 0 Å². The second kappa shape index (κ2) is 8.77. The average molecular weight is 393 g/mol. The van der Waals surface area contributed by atoms with E-state index in [0.29, 0.717) is 31.9 Å². The van der Waals surface area contributed by atoms with E-state index in [1.54, 1.807) is 0 Å². The summed E-state index contributed by atoms with van der Waals surface area (Å²) in [7, 11) is -3.59. The summed E-state index contributed by atoms with van der Waals surface area (Å²) < 4.78 is 36.7. The van der Waals surface area contributed by atoms with Gasteiger partial charge >= 0.3 is 5.97 Å². The molecule has 1 heterocycles. The van der Waals surface area contributed by atoms with E-state index in [9.17, 15) is 18.0 Å². The number of hydrogen-bond donors (Lipinski definition) is 0. The highest BCUT2D eigenvalue weighted by Gasteiger charge is 2.26. The number of sulfonamides is 1. The zero-order chi connectivity index (χ0) is 19.3. The summed E-state index contributed by atoms with van der Waals surface area (Å²) in [5, 5.41) is 0. The number of rotatable bonds is 7. The number of esters is 1. The molecule has 146 valence electrons. The maximum absolute atomic E-state index is 12.6. The van der Waals surface area contributed by atoms with Gasteiger partial charge in [-0.25, -0.2) is 8.42 Å². The van der Waals surface area contributed by atoms with Crippen LogP contribution in [0.2, 0.25) is 0 Å². The number of ether oxygens (including phenoxy) is 2. The molecule has 1 aromatic carbocycles. The lowest BCUT2D eigenvalue weighted by molar-refractivity contribution is -0.143. The molecule has 1 atom stereocenters. The van der Waals surface area contributed by atoms with Crippen LogP contribution in [-0.4, -0.2) is 57.4 Å². The first kappa shape index (κ1) is 19.7. The van der Waals surface area contributed by atoms with Gasteiger partial charge in [0, 0.05) is 18.7 Å². The molecule has 2 aliphatic rings. The van der Waals surface area contributed by atoms with Crippen LogP contribution in [0.15, 0.2) is 41.3 Å². The zero-order valence-electron chi connectivity index (χ0n) is 15.0. The van der Waals surface area contributed by atoms with Gasteiger partial charge in [-0.05, 0) is 43.0 Å². The van der Waals surface area contributed by atoms with Crippen LogP contribution in [0.3, 0.4) is 0 Å². The molecule has 1 fully saturated rings. The highest BCUT2D eigenvalue weighted by Crippen LogP contribution is 2.21. The number of allylic oxidation sites excluding steroid dienone is 2. The summed E-state index contributed by atoms with van der Waals surface area (Å²) in [6.07, 6.45) is 6.21. The van der Waals surface area contributed by atoms with Crippen molar-refractivity contribution in [3.05, 3.63) is 42.0 Å². The van der Waals surface area contributed by atoms with Gasteiger partial charge in [0.25, 0.3) is 0 Å². The average Bonchev–Trinajstić information content (AvgIpc) is 3.20. The molecule has 0 saturated carbocycles. The summed E-state index contributed by atoms with van der Waals surface area (Å²) in [6.45, 7) is 1.03. The van der Waals surface area contributed by atoms with E-state index >= 15 is 0 Å². The molecule has 3 rings (SSSR count). The molecule has 0 amide bonds. The van der Waals surface area contributed by atoms with E-state index in [1.807, 2.05) is 12.2 Å². The second-order valence-electron chi connectivity index (χ2n) is 6.59. The van der Waals surface area contributed by atoms with Crippen LogP contribution >= 0.6 is 0 Å². The van der Waals surface area contributed by atoms with Crippen molar-refractivity contribution in [2.75, 3.05) is 32.9 Å². The van der Waals surface area contributed by atoms with Crippen molar-refractivity contribution in [1.82, 2.24) is 4.31 Å². The van der Waals surface area contributed by atoms with Crippen molar-refractivity contribution in [2.45, 2.75) is 24.2 Å². The Morgan fingerprint density at radius 3 is 2.48 bits per heavy atom. The van der Waals surface area contributed by atoms with Crippen LogP contribution in [0.1, 0.15) is 29.6 Å². The Morgan fingerprint density at radius 1 is 1.15 bits per heavy atom. The van der Waals surface area contributed by atoms with Crippen LogP contribution in [0.5, 0.6) is 0 Å². The van der Waals surface area contributed by atoms with Crippen molar-refractivity contribution in [3.8, 4) is 0 Å². The molecule has 1 aliphatic carbocycles. The van der Waals surface area contributed by atoms with Crippen molar-refractivity contribution in [1.29, 1.82) is 0 Å². The number of benzene rings is 1. The Hall–Kier alpha value is -2.03. The first-order chi connectivity index (χ1) is 13.0. The minimum absolute atomic E-state index is 0.131. The smallest absolute Gasteiger partial charge is 0.306 e. The normalized spacial score (nSPS) is 20.5. The molecule has 0 unspecified atom stereocenters. The molecule has 1 aromatic rings. The van der Waals surface area contributed by atoms with Crippen LogP contribution in [0.4, 0.5) is 0 Å². The van der Waals surface area contributed by atoms with E-state index in [2.05, 4.69) is 0 Å². The van der Waals surface area contributed by atoms with Gasteiger partial charge in [-0.2, -0.15) is 4.31 Å². The highest BCUT2D eigenvalue weighted by atomic mass is 32.2. The lowest BCUT2D eigenvalue weighted by atomic mass is 10.1. The molecule has 7 nitrogen and oxygen atoms in total. The van der Waals surface area contributed by atoms with Crippen LogP contribution in [-0.2, 0) is 24.3 Å². The lowest BCUT2D eigenvalue weighted by Gasteiger charge is -2.26. The number of nitrogens with zero attached hydrogens (tertiary/aromatic N) is 1.